The van der Waals surface area contributed by atoms with Gasteiger partial charge in [-0.05, 0) is 12.5 Å². The zero-order valence-corrected chi connectivity index (χ0v) is 11.5. The van der Waals surface area contributed by atoms with Crippen molar-refractivity contribution < 1.29 is 0 Å². The predicted molar refractivity (Wildman–Crippen MR) is 83.2 cm³/mol. The molecule has 1 heterocycles. The van der Waals surface area contributed by atoms with Crippen molar-refractivity contribution in [1.82, 2.24) is 0 Å². The summed E-state index contributed by atoms with van der Waals surface area (Å²) in [7, 11) is 0. The molecule has 0 aliphatic carbocycles. The molecular formula is C16H14N2S. The lowest BCUT2D eigenvalue weighted by molar-refractivity contribution is 1.23. The standard InChI is InChI=1S/C16H14N2S/c1-12-7-9-13(10-8-12)15-11-19-16(18-17-15)14-5-3-2-4-6-14/h2-10H,11H2,1H3. The first-order valence-corrected chi connectivity index (χ1v) is 7.21. The summed E-state index contributed by atoms with van der Waals surface area (Å²) in [4.78, 5) is 0. The van der Waals surface area contributed by atoms with Crippen LogP contribution in [0.1, 0.15) is 16.7 Å². The van der Waals surface area contributed by atoms with E-state index >= 15 is 0 Å². The van der Waals surface area contributed by atoms with Crippen molar-refractivity contribution in [2.75, 3.05) is 5.75 Å². The van der Waals surface area contributed by atoms with E-state index in [0.29, 0.717) is 0 Å². The molecule has 94 valence electrons. The molecule has 0 atom stereocenters. The average molecular weight is 266 g/mol. The fraction of sp³-hybridized carbons (Fsp3) is 0.125. The van der Waals surface area contributed by atoms with Crippen LogP contribution in [0.5, 0.6) is 0 Å². The molecule has 1 aliphatic heterocycles. The Bertz CT molecular complexity index is 628. The quantitative estimate of drug-likeness (QED) is 0.809. The van der Waals surface area contributed by atoms with Crippen LogP contribution < -0.4 is 0 Å². The maximum Gasteiger partial charge on any atom is 0.126 e. The fourth-order valence-electron chi connectivity index (χ4n) is 1.91. The van der Waals surface area contributed by atoms with E-state index in [9.17, 15) is 0 Å². The van der Waals surface area contributed by atoms with Crippen LogP contribution >= 0.6 is 11.8 Å². The van der Waals surface area contributed by atoms with Crippen molar-refractivity contribution in [3.63, 3.8) is 0 Å². The molecular weight excluding hydrogens is 252 g/mol. The Labute approximate surface area is 117 Å². The van der Waals surface area contributed by atoms with E-state index in [1.54, 1.807) is 11.8 Å². The summed E-state index contributed by atoms with van der Waals surface area (Å²) in [6.45, 7) is 2.09. The topological polar surface area (TPSA) is 24.7 Å². The lowest BCUT2D eigenvalue weighted by Gasteiger charge is -2.12. The van der Waals surface area contributed by atoms with Gasteiger partial charge >= 0.3 is 0 Å². The van der Waals surface area contributed by atoms with Gasteiger partial charge in [-0.3, -0.25) is 0 Å². The molecule has 0 fully saturated rings. The van der Waals surface area contributed by atoms with Gasteiger partial charge in [-0.1, -0.05) is 71.9 Å². The second-order valence-electron chi connectivity index (χ2n) is 4.47. The molecule has 0 radical (unpaired) electrons. The highest BCUT2D eigenvalue weighted by molar-refractivity contribution is 8.15. The average Bonchev–Trinajstić information content (AvgIpc) is 2.49. The molecule has 1 aliphatic rings. The number of benzene rings is 2. The maximum absolute atomic E-state index is 4.37. The second-order valence-corrected chi connectivity index (χ2v) is 5.44. The van der Waals surface area contributed by atoms with Crippen LogP contribution in [0.3, 0.4) is 0 Å². The normalized spacial score (nSPS) is 14.8. The molecule has 3 rings (SSSR count). The minimum atomic E-state index is 0.872. The second kappa shape index (κ2) is 5.41. The smallest absolute Gasteiger partial charge is 0.126 e. The minimum absolute atomic E-state index is 0.872. The van der Waals surface area contributed by atoms with Crippen LogP contribution in [-0.4, -0.2) is 16.5 Å². The van der Waals surface area contributed by atoms with Gasteiger partial charge in [-0.15, -0.1) is 5.10 Å². The van der Waals surface area contributed by atoms with E-state index in [-0.39, 0.29) is 0 Å². The molecule has 0 aromatic heterocycles. The lowest BCUT2D eigenvalue weighted by Crippen LogP contribution is -2.11. The van der Waals surface area contributed by atoms with Crippen LogP contribution in [-0.2, 0) is 0 Å². The number of thioether (sulfide) groups is 1. The SMILES string of the molecule is Cc1ccc(C2=NN=C(c3ccccc3)SC2)cc1. The Morgan fingerprint density at radius 2 is 1.58 bits per heavy atom. The van der Waals surface area contributed by atoms with Gasteiger partial charge in [0.25, 0.3) is 0 Å². The van der Waals surface area contributed by atoms with Crippen molar-refractivity contribution in [3.8, 4) is 0 Å². The summed E-state index contributed by atoms with van der Waals surface area (Å²) in [6, 6.07) is 18.6. The highest BCUT2D eigenvalue weighted by atomic mass is 32.2. The summed E-state index contributed by atoms with van der Waals surface area (Å²) in [6.07, 6.45) is 0. The van der Waals surface area contributed by atoms with E-state index in [4.69, 9.17) is 0 Å². The van der Waals surface area contributed by atoms with Crippen LogP contribution in [0.4, 0.5) is 0 Å². The van der Waals surface area contributed by atoms with Crippen LogP contribution in [0.2, 0.25) is 0 Å². The summed E-state index contributed by atoms with van der Waals surface area (Å²) < 4.78 is 0. The highest BCUT2D eigenvalue weighted by Gasteiger charge is 2.13. The molecule has 0 saturated carbocycles. The van der Waals surface area contributed by atoms with Crippen molar-refractivity contribution in [3.05, 3.63) is 71.3 Å². The number of aryl methyl sites for hydroxylation is 1. The number of hydrogen-bond donors (Lipinski definition) is 0. The third-order valence-electron chi connectivity index (χ3n) is 3.01. The summed E-state index contributed by atoms with van der Waals surface area (Å²) in [5.41, 5.74) is 4.61. The first-order valence-electron chi connectivity index (χ1n) is 6.23. The van der Waals surface area contributed by atoms with Gasteiger partial charge in [-0.2, -0.15) is 5.10 Å². The number of nitrogens with zero attached hydrogens (tertiary/aromatic N) is 2. The van der Waals surface area contributed by atoms with Gasteiger partial charge in [0.1, 0.15) is 5.04 Å². The van der Waals surface area contributed by atoms with E-state index in [1.807, 2.05) is 18.2 Å². The summed E-state index contributed by atoms with van der Waals surface area (Å²) in [5, 5.41) is 9.72. The van der Waals surface area contributed by atoms with Gasteiger partial charge in [-0.25, -0.2) is 0 Å². The van der Waals surface area contributed by atoms with Crippen molar-refractivity contribution in [2.24, 2.45) is 10.2 Å². The van der Waals surface area contributed by atoms with E-state index in [2.05, 4.69) is 53.5 Å². The Kier molecular flexibility index (Phi) is 3.47. The lowest BCUT2D eigenvalue weighted by atomic mass is 10.1. The van der Waals surface area contributed by atoms with Crippen molar-refractivity contribution in [2.45, 2.75) is 6.92 Å². The van der Waals surface area contributed by atoms with Gasteiger partial charge in [0.2, 0.25) is 0 Å². The summed E-state index contributed by atoms with van der Waals surface area (Å²) in [5.74, 6) is 0.872. The number of rotatable bonds is 2. The third kappa shape index (κ3) is 2.76. The first kappa shape index (κ1) is 12.2. The number of hydrogen-bond acceptors (Lipinski definition) is 3. The van der Waals surface area contributed by atoms with E-state index in [1.165, 1.54) is 5.56 Å². The molecule has 0 N–H and O–H groups in total. The molecule has 3 heteroatoms. The van der Waals surface area contributed by atoms with Crippen LogP contribution in [0.15, 0.2) is 64.8 Å². The molecule has 2 nitrogen and oxygen atoms in total. The first-order chi connectivity index (χ1) is 9.33. The Hall–Kier alpha value is -1.87. The van der Waals surface area contributed by atoms with Gasteiger partial charge in [0, 0.05) is 11.3 Å². The highest BCUT2D eigenvalue weighted by Crippen LogP contribution is 2.20. The largest absolute Gasteiger partial charge is 0.153 e. The van der Waals surface area contributed by atoms with E-state index < -0.39 is 0 Å². The molecule has 19 heavy (non-hydrogen) atoms. The van der Waals surface area contributed by atoms with Crippen molar-refractivity contribution >= 4 is 22.5 Å². The van der Waals surface area contributed by atoms with Gasteiger partial charge in [0.15, 0.2) is 0 Å². The zero-order chi connectivity index (χ0) is 13.1. The minimum Gasteiger partial charge on any atom is -0.153 e. The van der Waals surface area contributed by atoms with Crippen LogP contribution in [0, 0.1) is 6.92 Å². The van der Waals surface area contributed by atoms with E-state index in [0.717, 1.165) is 27.6 Å². The third-order valence-corrected chi connectivity index (χ3v) is 4.02. The molecule has 0 unspecified atom stereocenters. The molecule has 0 saturated heterocycles. The summed E-state index contributed by atoms with van der Waals surface area (Å²) >= 11 is 1.74. The fourth-order valence-corrected chi connectivity index (χ4v) is 2.81. The Morgan fingerprint density at radius 1 is 0.842 bits per heavy atom. The monoisotopic (exact) mass is 266 g/mol. The zero-order valence-electron chi connectivity index (χ0n) is 10.7. The molecule has 0 spiro atoms. The molecule has 2 aromatic carbocycles. The van der Waals surface area contributed by atoms with Crippen molar-refractivity contribution in [1.29, 1.82) is 0 Å². The predicted octanol–water partition coefficient (Wildman–Crippen LogP) is 3.89. The molecule has 0 amide bonds. The Balaban J connectivity index is 1.86. The Morgan fingerprint density at radius 3 is 2.21 bits per heavy atom. The van der Waals surface area contributed by atoms with Gasteiger partial charge in [0.05, 0.1) is 5.71 Å². The van der Waals surface area contributed by atoms with Crippen LogP contribution in [0.25, 0.3) is 0 Å². The van der Waals surface area contributed by atoms with Gasteiger partial charge < -0.3 is 0 Å². The molecule has 2 aromatic rings. The maximum atomic E-state index is 4.37. The molecule has 0 bridgehead atoms.